The van der Waals surface area contributed by atoms with Gasteiger partial charge in [-0.3, -0.25) is 0 Å². The molecule has 0 saturated heterocycles. The molecule has 0 aliphatic heterocycles. The molecule has 0 fully saturated rings. The van der Waals surface area contributed by atoms with E-state index < -0.39 is 0 Å². The van der Waals surface area contributed by atoms with Gasteiger partial charge in [-0.15, -0.1) is 0 Å². The van der Waals surface area contributed by atoms with Crippen LogP contribution in [-0.4, -0.2) is 31.5 Å². The second-order valence-electron chi connectivity index (χ2n) is 5.04. The van der Waals surface area contributed by atoms with Crippen LogP contribution in [0.4, 0.5) is 0 Å². The average Bonchev–Trinajstić information content (AvgIpc) is 2.57. The first-order valence-electron chi connectivity index (χ1n) is 7.64. The molecule has 2 N–H and O–H groups in total. The SMILES string of the molecule is OCCOCCNCc1ccccc1OCc1cccc(Cl)c1. The molecule has 0 radical (unpaired) electrons. The van der Waals surface area contributed by atoms with Crippen molar-refractivity contribution in [1.29, 1.82) is 0 Å². The molecule has 0 heterocycles. The van der Waals surface area contributed by atoms with E-state index in [1.54, 1.807) is 0 Å². The number of aliphatic hydroxyl groups excluding tert-OH is 1. The van der Waals surface area contributed by atoms with Gasteiger partial charge in [0.25, 0.3) is 0 Å². The molecule has 0 aromatic heterocycles. The van der Waals surface area contributed by atoms with Gasteiger partial charge in [-0.2, -0.15) is 0 Å². The third kappa shape index (κ3) is 6.59. The summed E-state index contributed by atoms with van der Waals surface area (Å²) >= 11 is 5.99. The molecule has 23 heavy (non-hydrogen) atoms. The molecule has 2 rings (SSSR count). The Hall–Kier alpha value is -1.59. The summed E-state index contributed by atoms with van der Waals surface area (Å²) in [5, 5.41) is 12.6. The first kappa shape index (κ1) is 17.8. The van der Waals surface area contributed by atoms with Gasteiger partial charge in [0.2, 0.25) is 0 Å². The van der Waals surface area contributed by atoms with E-state index in [0.29, 0.717) is 31.4 Å². The lowest BCUT2D eigenvalue weighted by Crippen LogP contribution is -2.20. The van der Waals surface area contributed by atoms with E-state index in [9.17, 15) is 0 Å². The molecule has 0 unspecified atom stereocenters. The zero-order valence-corrected chi connectivity index (χ0v) is 13.8. The van der Waals surface area contributed by atoms with E-state index in [0.717, 1.165) is 23.4 Å². The number of halogens is 1. The maximum absolute atomic E-state index is 8.64. The minimum Gasteiger partial charge on any atom is -0.489 e. The number of aliphatic hydroxyl groups is 1. The van der Waals surface area contributed by atoms with Crippen LogP contribution in [0.3, 0.4) is 0 Å². The molecule has 2 aromatic rings. The van der Waals surface area contributed by atoms with Gasteiger partial charge in [0.1, 0.15) is 12.4 Å². The quantitative estimate of drug-likeness (QED) is 0.655. The Balaban J connectivity index is 1.82. The maximum Gasteiger partial charge on any atom is 0.124 e. The lowest BCUT2D eigenvalue weighted by atomic mass is 10.2. The smallest absolute Gasteiger partial charge is 0.124 e. The van der Waals surface area contributed by atoms with Gasteiger partial charge in [0.15, 0.2) is 0 Å². The lowest BCUT2D eigenvalue weighted by molar-refractivity contribution is 0.0937. The molecule has 0 aliphatic rings. The van der Waals surface area contributed by atoms with Crippen molar-refractivity contribution in [2.75, 3.05) is 26.4 Å². The summed E-state index contributed by atoms with van der Waals surface area (Å²) in [6.07, 6.45) is 0. The Bertz CT molecular complexity index is 592. The molecule has 0 bridgehead atoms. The lowest BCUT2D eigenvalue weighted by Gasteiger charge is -2.12. The monoisotopic (exact) mass is 335 g/mol. The highest BCUT2D eigenvalue weighted by Gasteiger charge is 2.03. The van der Waals surface area contributed by atoms with E-state index in [1.807, 2.05) is 48.5 Å². The molecule has 0 aliphatic carbocycles. The summed E-state index contributed by atoms with van der Waals surface area (Å²) in [7, 11) is 0. The van der Waals surface area contributed by atoms with Gasteiger partial charge in [0, 0.05) is 23.7 Å². The van der Waals surface area contributed by atoms with E-state index in [4.69, 9.17) is 26.2 Å². The van der Waals surface area contributed by atoms with Crippen LogP contribution in [0.1, 0.15) is 11.1 Å². The average molecular weight is 336 g/mol. The van der Waals surface area contributed by atoms with Crippen molar-refractivity contribution >= 4 is 11.6 Å². The fourth-order valence-electron chi connectivity index (χ4n) is 2.11. The number of hydrogen-bond acceptors (Lipinski definition) is 4. The zero-order valence-electron chi connectivity index (χ0n) is 13.0. The third-order valence-corrected chi connectivity index (χ3v) is 3.47. The van der Waals surface area contributed by atoms with Crippen molar-refractivity contribution in [3.8, 4) is 5.75 Å². The Kier molecular flexibility index (Phi) is 7.90. The van der Waals surface area contributed by atoms with Crippen LogP contribution < -0.4 is 10.1 Å². The summed E-state index contributed by atoms with van der Waals surface area (Å²) in [5.41, 5.74) is 2.13. The summed E-state index contributed by atoms with van der Waals surface area (Å²) in [5.74, 6) is 0.858. The van der Waals surface area contributed by atoms with Gasteiger partial charge in [-0.05, 0) is 23.8 Å². The van der Waals surface area contributed by atoms with Crippen molar-refractivity contribution in [2.24, 2.45) is 0 Å². The topological polar surface area (TPSA) is 50.7 Å². The normalized spacial score (nSPS) is 10.7. The molecule has 4 nitrogen and oxygen atoms in total. The maximum atomic E-state index is 8.64. The van der Waals surface area contributed by atoms with Gasteiger partial charge in [-0.1, -0.05) is 41.9 Å². The Morgan fingerprint density at radius 2 is 1.91 bits per heavy atom. The molecule has 2 aromatic carbocycles. The first-order valence-corrected chi connectivity index (χ1v) is 8.02. The number of para-hydroxylation sites is 1. The minimum atomic E-state index is 0.0557. The predicted molar refractivity (Wildman–Crippen MR) is 91.8 cm³/mol. The third-order valence-electron chi connectivity index (χ3n) is 3.23. The molecule has 124 valence electrons. The van der Waals surface area contributed by atoms with Crippen LogP contribution in [0.15, 0.2) is 48.5 Å². The highest BCUT2D eigenvalue weighted by molar-refractivity contribution is 6.30. The Morgan fingerprint density at radius 1 is 1.04 bits per heavy atom. The molecule has 0 atom stereocenters. The van der Waals surface area contributed by atoms with Crippen molar-refractivity contribution in [3.63, 3.8) is 0 Å². The van der Waals surface area contributed by atoms with Crippen LogP contribution in [0.5, 0.6) is 5.75 Å². The second-order valence-corrected chi connectivity index (χ2v) is 5.48. The fraction of sp³-hybridized carbons (Fsp3) is 0.333. The summed E-state index contributed by atoms with van der Waals surface area (Å²) < 4.78 is 11.1. The highest BCUT2D eigenvalue weighted by atomic mass is 35.5. The fourth-order valence-corrected chi connectivity index (χ4v) is 2.33. The van der Waals surface area contributed by atoms with Crippen molar-refractivity contribution in [2.45, 2.75) is 13.2 Å². The number of nitrogens with one attached hydrogen (secondary N) is 1. The van der Waals surface area contributed by atoms with E-state index in [-0.39, 0.29) is 6.61 Å². The van der Waals surface area contributed by atoms with Crippen LogP contribution >= 0.6 is 11.6 Å². The van der Waals surface area contributed by atoms with E-state index >= 15 is 0 Å². The first-order chi connectivity index (χ1) is 11.3. The molecular formula is C18H22ClNO3. The van der Waals surface area contributed by atoms with Gasteiger partial charge in [-0.25, -0.2) is 0 Å². The van der Waals surface area contributed by atoms with Crippen molar-refractivity contribution in [3.05, 3.63) is 64.7 Å². The largest absolute Gasteiger partial charge is 0.489 e. The second kappa shape index (κ2) is 10.2. The zero-order chi connectivity index (χ0) is 16.3. The van der Waals surface area contributed by atoms with E-state index in [2.05, 4.69) is 5.32 Å². The Labute approximate surface area is 142 Å². The molecule has 0 amide bonds. The summed E-state index contributed by atoms with van der Waals surface area (Å²) in [6, 6.07) is 15.6. The Morgan fingerprint density at radius 3 is 2.74 bits per heavy atom. The van der Waals surface area contributed by atoms with Gasteiger partial charge in [0.05, 0.1) is 19.8 Å². The van der Waals surface area contributed by atoms with Crippen LogP contribution in [-0.2, 0) is 17.9 Å². The standard InChI is InChI=1S/C18H22ClNO3/c19-17-6-3-4-15(12-17)14-23-18-7-2-1-5-16(18)13-20-8-10-22-11-9-21/h1-7,12,20-21H,8-11,13-14H2. The molecule has 0 saturated carbocycles. The van der Waals surface area contributed by atoms with Crippen LogP contribution in [0, 0.1) is 0 Å². The van der Waals surface area contributed by atoms with Gasteiger partial charge >= 0.3 is 0 Å². The van der Waals surface area contributed by atoms with Gasteiger partial charge < -0.3 is 19.9 Å². The van der Waals surface area contributed by atoms with Crippen LogP contribution in [0.2, 0.25) is 5.02 Å². The predicted octanol–water partition coefficient (Wildman–Crippen LogP) is 3.02. The summed E-state index contributed by atoms with van der Waals surface area (Å²) in [6.45, 7) is 2.92. The van der Waals surface area contributed by atoms with E-state index in [1.165, 1.54) is 0 Å². The molecule has 5 heteroatoms. The van der Waals surface area contributed by atoms with Crippen LogP contribution in [0.25, 0.3) is 0 Å². The molecule has 0 spiro atoms. The number of ether oxygens (including phenoxy) is 2. The number of benzene rings is 2. The highest BCUT2D eigenvalue weighted by Crippen LogP contribution is 2.20. The van der Waals surface area contributed by atoms with Crippen molar-refractivity contribution < 1.29 is 14.6 Å². The summed E-state index contributed by atoms with van der Waals surface area (Å²) in [4.78, 5) is 0. The van der Waals surface area contributed by atoms with Crippen molar-refractivity contribution in [1.82, 2.24) is 5.32 Å². The minimum absolute atomic E-state index is 0.0557. The number of rotatable bonds is 10. The number of hydrogen-bond donors (Lipinski definition) is 2. The molecular weight excluding hydrogens is 314 g/mol.